The summed E-state index contributed by atoms with van der Waals surface area (Å²) in [7, 11) is 0. The minimum atomic E-state index is -0.541. The Morgan fingerprint density at radius 3 is 2.90 bits per heavy atom. The van der Waals surface area contributed by atoms with E-state index >= 15 is 0 Å². The van der Waals surface area contributed by atoms with Crippen molar-refractivity contribution in [1.29, 1.82) is 0 Å². The highest BCUT2D eigenvalue weighted by Gasteiger charge is 2.35. The van der Waals surface area contributed by atoms with Crippen LogP contribution >= 0.6 is 15.9 Å². The number of rotatable bonds is 3. The van der Waals surface area contributed by atoms with Crippen molar-refractivity contribution in [2.75, 3.05) is 19.7 Å². The fourth-order valence-electron chi connectivity index (χ4n) is 2.79. The fraction of sp³-hybridized carbons (Fsp3) is 0.562. The molecule has 1 aromatic carbocycles. The first-order chi connectivity index (χ1) is 9.45. The molecular weight excluding hydrogens is 318 g/mol. The zero-order valence-corrected chi connectivity index (χ0v) is 13.7. The van der Waals surface area contributed by atoms with Gasteiger partial charge in [-0.15, -0.1) is 0 Å². The number of aliphatic hydroxyl groups excluding tert-OH is 1. The number of hydrogen-bond acceptors (Lipinski definition) is 2. The molecule has 0 radical (unpaired) electrons. The van der Waals surface area contributed by atoms with Gasteiger partial charge in [-0.2, -0.15) is 0 Å². The molecule has 0 saturated carbocycles. The largest absolute Gasteiger partial charge is 0.396 e. The number of piperidine rings is 1. The van der Waals surface area contributed by atoms with Crippen LogP contribution in [0.25, 0.3) is 0 Å². The lowest BCUT2D eigenvalue weighted by Gasteiger charge is -2.37. The smallest absolute Gasteiger partial charge is 0.232 e. The Kier molecular flexibility index (Phi) is 4.86. The van der Waals surface area contributed by atoms with E-state index in [1.54, 1.807) is 0 Å². The molecule has 1 amide bonds. The van der Waals surface area contributed by atoms with Gasteiger partial charge in [0.15, 0.2) is 0 Å². The SMILES string of the molecule is CC(C)(C(=O)N1CCCC(CO)C1)c1cccc(Br)c1. The first-order valence-electron chi connectivity index (χ1n) is 7.11. The Balaban J connectivity index is 2.18. The minimum Gasteiger partial charge on any atom is -0.396 e. The van der Waals surface area contributed by atoms with Gasteiger partial charge in [0, 0.05) is 24.2 Å². The van der Waals surface area contributed by atoms with Gasteiger partial charge < -0.3 is 10.0 Å². The summed E-state index contributed by atoms with van der Waals surface area (Å²) in [5.41, 5.74) is 0.476. The van der Waals surface area contributed by atoms with Crippen molar-refractivity contribution < 1.29 is 9.90 Å². The number of aliphatic hydroxyl groups is 1. The number of amides is 1. The van der Waals surface area contributed by atoms with Crippen LogP contribution in [0.15, 0.2) is 28.7 Å². The summed E-state index contributed by atoms with van der Waals surface area (Å²) >= 11 is 3.46. The molecule has 1 saturated heterocycles. The topological polar surface area (TPSA) is 40.5 Å². The van der Waals surface area contributed by atoms with E-state index in [1.165, 1.54) is 0 Å². The van der Waals surface area contributed by atoms with E-state index in [1.807, 2.05) is 43.0 Å². The van der Waals surface area contributed by atoms with Gasteiger partial charge in [0.2, 0.25) is 5.91 Å². The van der Waals surface area contributed by atoms with Crippen molar-refractivity contribution >= 4 is 21.8 Å². The normalized spacial score (nSPS) is 20.0. The van der Waals surface area contributed by atoms with Crippen LogP contribution in [0, 0.1) is 5.92 Å². The summed E-state index contributed by atoms with van der Waals surface area (Å²) in [6, 6.07) is 7.93. The summed E-state index contributed by atoms with van der Waals surface area (Å²) in [6.45, 7) is 5.58. The van der Waals surface area contributed by atoms with Crippen molar-refractivity contribution in [1.82, 2.24) is 4.90 Å². The summed E-state index contributed by atoms with van der Waals surface area (Å²) in [5, 5.41) is 9.30. The van der Waals surface area contributed by atoms with E-state index in [0.29, 0.717) is 6.54 Å². The quantitative estimate of drug-likeness (QED) is 0.919. The second-order valence-electron chi connectivity index (χ2n) is 6.08. The van der Waals surface area contributed by atoms with Crippen molar-refractivity contribution in [3.63, 3.8) is 0 Å². The summed E-state index contributed by atoms with van der Waals surface area (Å²) < 4.78 is 0.989. The van der Waals surface area contributed by atoms with E-state index in [-0.39, 0.29) is 18.4 Å². The van der Waals surface area contributed by atoms with E-state index in [9.17, 15) is 9.90 Å². The first kappa shape index (κ1) is 15.5. The lowest BCUT2D eigenvalue weighted by Crippen LogP contribution is -2.48. The maximum Gasteiger partial charge on any atom is 0.232 e. The standard InChI is InChI=1S/C16H22BrNO2/c1-16(2,13-6-3-7-14(17)9-13)15(20)18-8-4-5-12(10-18)11-19/h3,6-7,9,12,19H,4-5,8,10-11H2,1-2H3. The number of benzene rings is 1. The molecule has 1 N–H and O–H groups in total. The Morgan fingerprint density at radius 2 is 2.25 bits per heavy atom. The first-order valence-corrected chi connectivity index (χ1v) is 7.90. The van der Waals surface area contributed by atoms with Gasteiger partial charge in [-0.1, -0.05) is 28.1 Å². The van der Waals surface area contributed by atoms with E-state index < -0.39 is 5.41 Å². The molecule has 1 unspecified atom stereocenters. The van der Waals surface area contributed by atoms with Gasteiger partial charge in [0.05, 0.1) is 5.41 Å². The lowest BCUT2D eigenvalue weighted by molar-refractivity contribution is -0.138. The molecule has 1 aromatic rings. The van der Waals surface area contributed by atoms with Gasteiger partial charge in [-0.3, -0.25) is 4.79 Å². The van der Waals surface area contributed by atoms with Crippen LogP contribution in [0.4, 0.5) is 0 Å². The van der Waals surface area contributed by atoms with E-state index in [4.69, 9.17) is 0 Å². The maximum atomic E-state index is 12.8. The molecule has 0 aliphatic carbocycles. The molecule has 1 aliphatic heterocycles. The van der Waals surface area contributed by atoms with E-state index in [0.717, 1.165) is 29.4 Å². The van der Waals surface area contributed by atoms with Crippen LogP contribution in [0.3, 0.4) is 0 Å². The molecule has 4 heteroatoms. The highest BCUT2D eigenvalue weighted by atomic mass is 79.9. The highest BCUT2D eigenvalue weighted by Crippen LogP contribution is 2.29. The summed E-state index contributed by atoms with van der Waals surface area (Å²) in [4.78, 5) is 14.7. The fourth-order valence-corrected chi connectivity index (χ4v) is 3.19. The average molecular weight is 340 g/mol. The van der Waals surface area contributed by atoms with Crippen LogP contribution in [-0.4, -0.2) is 35.6 Å². The highest BCUT2D eigenvalue weighted by molar-refractivity contribution is 9.10. The second kappa shape index (κ2) is 6.27. The number of hydrogen-bond donors (Lipinski definition) is 1. The van der Waals surface area contributed by atoms with Gasteiger partial charge in [-0.25, -0.2) is 0 Å². The van der Waals surface area contributed by atoms with Gasteiger partial charge >= 0.3 is 0 Å². The predicted molar refractivity (Wildman–Crippen MR) is 83.6 cm³/mol. The third-order valence-corrected chi connectivity index (χ3v) is 4.64. The monoisotopic (exact) mass is 339 g/mol. The van der Waals surface area contributed by atoms with Crippen LogP contribution < -0.4 is 0 Å². The predicted octanol–water partition coefficient (Wildman–Crippen LogP) is 2.96. The summed E-state index contributed by atoms with van der Waals surface area (Å²) in [6.07, 6.45) is 1.99. The van der Waals surface area contributed by atoms with Crippen molar-refractivity contribution in [3.8, 4) is 0 Å². The number of likely N-dealkylation sites (tertiary alicyclic amines) is 1. The Hall–Kier alpha value is -0.870. The zero-order chi connectivity index (χ0) is 14.8. The number of nitrogens with zero attached hydrogens (tertiary/aromatic N) is 1. The third-order valence-electron chi connectivity index (χ3n) is 4.15. The molecule has 3 nitrogen and oxygen atoms in total. The molecule has 20 heavy (non-hydrogen) atoms. The van der Waals surface area contributed by atoms with Crippen LogP contribution in [0.5, 0.6) is 0 Å². The lowest BCUT2D eigenvalue weighted by atomic mass is 9.82. The minimum absolute atomic E-state index is 0.147. The van der Waals surface area contributed by atoms with Crippen LogP contribution in [0.2, 0.25) is 0 Å². The molecule has 110 valence electrons. The van der Waals surface area contributed by atoms with Gasteiger partial charge in [-0.05, 0) is 50.3 Å². The molecule has 2 rings (SSSR count). The molecule has 0 aromatic heterocycles. The van der Waals surface area contributed by atoms with Gasteiger partial charge in [0.1, 0.15) is 0 Å². The van der Waals surface area contributed by atoms with Crippen LogP contribution in [-0.2, 0) is 10.2 Å². The molecule has 1 aliphatic rings. The molecule has 0 spiro atoms. The number of carbonyl (C=O) groups excluding carboxylic acids is 1. The van der Waals surface area contributed by atoms with Gasteiger partial charge in [0.25, 0.3) is 0 Å². The Morgan fingerprint density at radius 1 is 1.50 bits per heavy atom. The molecule has 1 atom stereocenters. The number of halogens is 1. The molecule has 1 heterocycles. The molecule has 0 bridgehead atoms. The van der Waals surface area contributed by atoms with Crippen molar-refractivity contribution in [3.05, 3.63) is 34.3 Å². The Labute approximate surface area is 129 Å². The Bertz CT molecular complexity index is 487. The maximum absolute atomic E-state index is 12.8. The van der Waals surface area contributed by atoms with Crippen molar-refractivity contribution in [2.45, 2.75) is 32.1 Å². The van der Waals surface area contributed by atoms with Crippen molar-refractivity contribution in [2.24, 2.45) is 5.92 Å². The van der Waals surface area contributed by atoms with Crippen LogP contribution in [0.1, 0.15) is 32.3 Å². The zero-order valence-electron chi connectivity index (χ0n) is 12.1. The molecule has 1 fully saturated rings. The molecular formula is C16H22BrNO2. The average Bonchev–Trinajstić information content (AvgIpc) is 2.46. The third kappa shape index (κ3) is 3.23. The number of carbonyl (C=O) groups is 1. The second-order valence-corrected chi connectivity index (χ2v) is 6.99. The van der Waals surface area contributed by atoms with E-state index in [2.05, 4.69) is 15.9 Å². The summed E-state index contributed by atoms with van der Waals surface area (Å²) in [5.74, 6) is 0.375.